The number of carbonyl (C=O) groups excluding carboxylic acids is 1. The van der Waals surface area contributed by atoms with E-state index in [0.717, 1.165) is 24.2 Å². The lowest BCUT2D eigenvalue weighted by Gasteiger charge is -2.21. The molecule has 0 aromatic heterocycles. The van der Waals surface area contributed by atoms with Crippen LogP contribution in [0.15, 0.2) is 24.3 Å². The molecule has 0 atom stereocenters. The summed E-state index contributed by atoms with van der Waals surface area (Å²) < 4.78 is 0. The van der Waals surface area contributed by atoms with Crippen LogP contribution >= 0.6 is 0 Å². The lowest BCUT2D eigenvalue weighted by molar-refractivity contribution is -0.122. The van der Waals surface area contributed by atoms with Crippen molar-refractivity contribution in [1.29, 1.82) is 5.26 Å². The van der Waals surface area contributed by atoms with Crippen molar-refractivity contribution in [2.75, 3.05) is 25.4 Å². The fourth-order valence-corrected chi connectivity index (χ4v) is 2.00. The van der Waals surface area contributed by atoms with Gasteiger partial charge >= 0.3 is 0 Å². The second-order valence-corrected chi connectivity index (χ2v) is 4.71. The van der Waals surface area contributed by atoms with Gasteiger partial charge in [0.15, 0.2) is 0 Å². The summed E-state index contributed by atoms with van der Waals surface area (Å²) >= 11 is 0. The minimum absolute atomic E-state index is 0.0439. The zero-order chi connectivity index (χ0) is 14.8. The molecule has 0 fully saturated rings. The smallest absolute Gasteiger partial charge is 0.234 e. The number of nitrogens with zero attached hydrogens (tertiary/aromatic N) is 2. The third-order valence-corrected chi connectivity index (χ3v) is 2.82. The first-order valence-electron chi connectivity index (χ1n) is 6.86. The predicted molar refractivity (Wildman–Crippen MR) is 79.7 cm³/mol. The Morgan fingerprint density at radius 1 is 1.50 bits per heavy atom. The molecule has 0 saturated heterocycles. The number of rotatable bonds is 8. The van der Waals surface area contributed by atoms with Crippen LogP contribution in [0, 0.1) is 11.3 Å². The molecule has 0 radical (unpaired) electrons. The first-order chi connectivity index (χ1) is 9.65. The van der Waals surface area contributed by atoms with E-state index in [1.54, 1.807) is 0 Å². The summed E-state index contributed by atoms with van der Waals surface area (Å²) in [5, 5.41) is 11.2. The Hall–Kier alpha value is -2.06. The highest BCUT2D eigenvalue weighted by atomic mass is 16.2. The Morgan fingerprint density at radius 2 is 2.30 bits per heavy atom. The van der Waals surface area contributed by atoms with E-state index in [0.29, 0.717) is 26.1 Å². The van der Waals surface area contributed by atoms with Gasteiger partial charge < -0.3 is 11.1 Å². The molecule has 0 aliphatic carbocycles. The molecular formula is C15H22N4O. The van der Waals surface area contributed by atoms with Gasteiger partial charge in [-0.05, 0) is 30.7 Å². The molecule has 108 valence electrons. The van der Waals surface area contributed by atoms with Crippen LogP contribution in [0.2, 0.25) is 0 Å². The molecule has 5 nitrogen and oxygen atoms in total. The highest BCUT2D eigenvalue weighted by Crippen LogP contribution is 2.09. The van der Waals surface area contributed by atoms with Crippen molar-refractivity contribution in [3.05, 3.63) is 29.8 Å². The number of benzene rings is 1. The van der Waals surface area contributed by atoms with E-state index in [9.17, 15) is 4.79 Å². The average Bonchev–Trinajstić information content (AvgIpc) is 2.39. The van der Waals surface area contributed by atoms with Crippen LogP contribution in [0.3, 0.4) is 0 Å². The molecule has 0 saturated carbocycles. The molecule has 0 aliphatic heterocycles. The Balaban J connectivity index is 2.51. The van der Waals surface area contributed by atoms with Crippen molar-refractivity contribution >= 4 is 11.6 Å². The fraction of sp³-hybridized carbons (Fsp3) is 0.467. The lowest BCUT2D eigenvalue weighted by Crippen LogP contribution is -2.37. The van der Waals surface area contributed by atoms with Gasteiger partial charge in [-0.3, -0.25) is 9.69 Å². The van der Waals surface area contributed by atoms with Crippen LogP contribution in [0.25, 0.3) is 0 Å². The maximum atomic E-state index is 11.8. The van der Waals surface area contributed by atoms with Crippen LogP contribution in [-0.4, -0.2) is 30.4 Å². The summed E-state index contributed by atoms with van der Waals surface area (Å²) in [6.45, 7) is 4.38. The van der Waals surface area contributed by atoms with Crippen molar-refractivity contribution in [1.82, 2.24) is 10.2 Å². The van der Waals surface area contributed by atoms with Crippen molar-refractivity contribution in [2.24, 2.45) is 0 Å². The molecule has 0 heterocycles. The van der Waals surface area contributed by atoms with Crippen molar-refractivity contribution in [3.63, 3.8) is 0 Å². The third-order valence-electron chi connectivity index (χ3n) is 2.82. The molecule has 0 aliphatic rings. The largest absolute Gasteiger partial charge is 0.399 e. The van der Waals surface area contributed by atoms with E-state index >= 15 is 0 Å². The molecule has 1 aromatic carbocycles. The normalized spacial score (nSPS) is 10.2. The van der Waals surface area contributed by atoms with Crippen LogP contribution < -0.4 is 11.1 Å². The second kappa shape index (κ2) is 8.94. The number of nitrogen functional groups attached to an aromatic ring is 1. The number of nitriles is 1. The van der Waals surface area contributed by atoms with Crippen LogP contribution in [0.4, 0.5) is 5.69 Å². The molecule has 1 amide bonds. The number of anilines is 1. The maximum Gasteiger partial charge on any atom is 0.234 e. The number of nitrogens with two attached hydrogens (primary N) is 1. The second-order valence-electron chi connectivity index (χ2n) is 4.71. The molecule has 1 rings (SSSR count). The minimum atomic E-state index is -0.0439. The molecule has 3 N–H and O–H groups in total. The quantitative estimate of drug-likeness (QED) is 0.556. The van der Waals surface area contributed by atoms with Gasteiger partial charge in [-0.15, -0.1) is 0 Å². The van der Waals surface area contributed by atoms with Crippen molar-refractivity contribution in [2.45, 2.75) is 26.3 Å². The van der Waals surface area contributed by atoms with Crippen LogP contribution in [0.1, 0.15) is 25.3 Å². The van der Waals surface area contributed by atoms with Gasteiger partial charge in [0, 0.05) is 18.8 Å². The Bertz CT molecular complexity index is 467. The van der Waals surface area contributed by atoms with E-state index in [2.05, 4.69) is 17.1 Å². The van der Waals surface area contributed by atoms with E-state index in [1.165, 1.54) is 0 Å². The summed E-state index contributed by atoms with van der Waals surface area (Å²) in [4.78, 5) is 13.9. The Kier molecular flexibility index (Phi) is 7.15. The summed E-state index contributed by atoms with van der Waals surface area (Å²) in [5.74, 6) is -0.0439. The monoisotopic (exact) mass is 274 g/mol. The zero-order valence-corrected chi connectivity index (χ0v) is 11.9. The minimum Gasteiger partial charge on any atom is -0.399 e. The zero-order valence-electron chi connectivity index (χ0n) is 11.9. The van der Waals surface area contributed by atoms with E-state index in [-0.39, 0.29) is 5.91 Å². The van der Waals surface area contributed by atoms with Gasteiger partial charge in [-0.2, -0.15) is 5.26 Å². The molecule has 0 unspecified atom stereocenters. The highest BCUT2D eigenvalue weighted by molar-refractivity contribution is 5.78. The number of nitrogens with one attached hydrogen (secondary N) is 1. The number of hydrogen-bond donors (Lipinski definition) is 2. The summed E-state index contributed by atoms with van der Waals surface area (Å²) in [6, 6.07) is 9.71. The molecule has 0 bridgehead atoms. The summed E-state index contributed by atoms with van der Waals surface area (Å²) in [6.07, 6.45) is 1.32. The lowest BCUT2D eigenvalue weighted by atomic mass is 10.2. The molecule has 1 aromatic rings. The topological polar surface area (TPSA) is 82.2 Å². The van der Waals surface area contributed by atoms with Crippen LogP contribution in [0.5, 0.6) is 0 Å². The van der Waals surface area contributed by atoms with Gasteiger partial charge in [0.2, 0.25) is 5.91 Å². The highest BCUT2D eigenvalue weighted by Gasteiger charge is 2.10. The van der Waals surface area contributed by atoms with E-state index < -0.39 is 0 Å². The van der Waals surface area contributed by atoms with Gasteiger partial charge in [-0.1, -0.05) is 19.1 Å². The standard InChI is InChI=1S/C15H22N4O/c1-2-9-19(12-15(20)18-8-4-7-16)11-13-5-3-6-14(17)10-13/h3,5-6,10H,2,4,8-9,11-12,17H2,1H3,(H,18,20). The SMILES string of the molecule is CCCN(CC(=O)NCCC#N)Cc1cccc(N)c1. The van der Waals surface area contributed by atoms with Crippen LogP contribution in [-0.2, 0) is 11.3 Å². The summed E-state index contributed by atoms with van der Waals surface area (Å²) in [7, 11) is 0. The first-order valence-corrected chi connectivity index (χ1v) is 6.86. The van der Waals surface area contributed by atoms with E-state index in [1.807, 2.05) is 30.3 Å². The number of amides is 1. The Morgan fingerprint density at radius 3 is 2.95 bits per heavy atom. The maximum absolute atomic E-state index is 11.8. The van der Waals surface area contributed by atoms with Crippen molar-refractivity contribution in [3.8, 4) is 6.07 Å². The molecule has 0 spiro atoms. The Labute approximate surface area is 120 Å². The number of hydrogen-bond acceptors (Lipinski definition) is 4. The van der Waals surface area contributed by atoms with Gasteiger partial charge in [0.05, 0.1) is 19.0 Å². The summed E-state index contributed by atoms with van der Waals surface area (Å²) in [5.41, 5.74) is 7.60. The number of carbonyl (C=O) groups is 1. The van der Waals surface area contributed by atoms with E-state index in [4.69, 9.17) is 11.0 Å². The molecule has 5 heteroatoms. The first kappa shape index (κ1) is 16.0. The van der Waals surface area contributed by atoms with Gasteiger partial charge in [-0.25, -0.2) is 0 Å². The molecular weight excluding hydrogens is 252 g/mol. The van der Waals surface area contributed by atoms with Gasteiger partial charge in [0.25, 0.3) is 0 Å². The average molecular weight is 274 g/mol. The fourth-order valence-electron chi connectivity index (χ4n) is 2.00. The van der Waals surface area contributed by atoms with Gasteiger partial charge in [0.1, 0.15) is 0 Å². The third kappa shape index (κ3) is 6.21. The molecule has 20 heavy (non-hydrogen) atoms. The predicted octanol–water partition coefficient (Wildman–Crippen LogP) is 1.51. The van der Waals surface area contributed by atoms with Crippen molar-refractivity contribution < 1.29 is 4.79 Å².